The third kappa shape index (κ3) is 5.93. The van der Waals surface area contributed by atoms with Crippen LogP contribution in [-0.2, 0) is 22.5 Å². The van der Waals surface area contributed by atoms with Crippen LogP contribution in [0.15, 0.2) is 54.6 Å². The zero-order valence-corrected chi connectivity index (χ0v) is 14.9. The molecule has 1 aliphatic rings. The number of carbonyl (C=O) groups is 1. The largest absolute Gasteiger partial charge is 0.374 e. The highest BCUT2D eigenvalue weighted by atomic mass is 19.1. The molecule has 1 unspecified atom stereocenters. The summed E-state index contributed by atoms with van der Waals surface area (Å²) in [5, 5.41) is 2.94. The van der Waals surface area contributed by atoms with Gasteiger partial charge in [-0.05, 0) is 29.7 Å². The predicted molar refractivity (Wildman–Crippen MR) is 99.2 cm³/mol. The molecule has 1 aliphatic heterocycles. The Kier molecular flexibility index (Phi) is 6.75. The Morgan fingerprint density at radius 1 is 1.15 bits per heavy atom. The van der Waals surface area contributed by atoms with Gasteiger partial charge in [-0.25, -0.2) is 4.39 Å². The Hall–Kier alpha value is -2.24. The maximum Gasteiger partial charge on any atom is 0.220 e. The van der Waals surface area contributed by atoms with Crippen LogP contribution in [0.25, 0.3) is 0 Å². The second kappa shape index (κ2) is 9.46. The normalized spacial score (nSPS) is 17.8. The van der Waals surface area contributed by atoms with E-state index in [9.17, 15) is 9.18 Å². The van der Waals surface area contributed by atoms with Crippen LogP contribution in [0.3, 0.4) is 0 Å². The van der Waals surface area contributed by atoms with Crippen LogP contribution >= 0.6 is 0 Å². The number of benzene rings is 2. The Morgan fingerprint density at radius 2 is 1.96 bits per heavy atom. The molecule has 0 aromatic heterocycles. The van der Waals surface area contributed by atoms with Crippen molar-refractivity contribution < 1.29 is 13.9 Å². The lowest BCUT2D eigenvalue weighted by Crippen LogP contribution is -2.47. The van der Waals surface area contributed by atoms with Gasteiger partial charge in [-0.1, -0.05) is 42.5 Å². The molecule has 0 bridgehead atoms. The smallest absolute Gasteiger partial charge is 0.220 e. The Morgan fingerprint density at radius 3 is 2.77 bits per heavy atom. The van der Waals surface area contributed by atoms with E-state index in [2.05, 4.69) is 22.3 Å². The SMILES string of the molecule is O=C(CCc1cccc(F)c1)NCC1CN(Cc2ccccc2)CCO1. The first-order valence-corrected chi connectivity index (χ1v) is 9.08. The van der Waals surface area contributed by atoms with Gasteiger partial charge in [0.1, 0.15) is 5.82 Å². The Labute approximate surface area is 154 Å². The van der Waals surface area contributed by atoms with Crippen LogP contribution in [-0.4, -0.2) is 43.2 Å². The molecule has 1 N–H and O–H groups in total. The first kappa shape index (κ1) is 18.5. The van der Waals surface area contributed by atoms with Crippen molar-refractivity contribution in [2.75, 3.05) is 26.2 Å². The maximum atomic E-state index is 13.2. The van der Waals surface area contributed by atoms with Crippen LogP contribution < -0.4 is 5.32 Å². The minimum absolute atomic E-state index is 0.00517. The first-order chi connectivity index (χ1) is 12.7. The molecule has 5 heteroatoms. The lowest BCUT2D eigenvalue weighted by Gasteiger charge is -2.33. The van der Waals surface area contributed by atoms with Gasteiger partial charge in [0, 0.05) is 32.6 Å². The molecular formula is C21H25FN2O2. The molecule has 0 aliphatic carbocycles. The molecule has 1 atom stereocenters. The summed E-state index contributed by atoms with van der Waals surface area (Å²) in [5.74, 6) is -0.296. The molecular weight excluding hydrogens is 331 g/mol. The number of rotatable bonds is 7. The lowest BCUT2D eigenvalue weighted by atomic mass is 10.1. The summed E-state index contributed by atoms with van der Waals surface area (Å²) in [6, 6.07) is 16.7. The molecule has 1 heterocycles. The number of carbonyl (C=O) groups excluding carboxylic acids is 1. The number of morpholine rings is 1. The highest BCUT2D eigenvalue weighted by Crippen LogP contribution is 2.10. The van der Waals surface area contributed by atoms with E-state index in [-0.39, 0.29) is 17.8 Å². The number of amides is 1. The van der Waals surface area contributed by atoms with Crippen molar-refractivity contribution in [3.8, 4) is 0 Å². The average molecular weight is 356 g/mol. The number of hydrogen-bond acceptors (Lipinski definition) is 3. The highest BCUT2D eigenvalue weighted by Gasteiger charge is 2.21. The van der Waals surface area contributed by atoms with E-state index < -0.39 is 0 Å². The van der Waals surface area contributed by atoms with Crippen LogP contribution in [0.1, 0.15) is 17.5 Å². The number of halogens is 1. The van der Waals surface area contributed by atoms with E-state index >= 15 is 0 Å². The van der Waals surface area contributed by atoms with Gasteiger partial charge in [-0.2, -0.15) is 0 Å². The number of hydrogen-bond donors (Lipinski definition) is 1. The van der Waals surface area contributed by atoms with E-state index in [1.54, 1.807) is 6.07 Å². The summed E-state index contributed by atoms with van der Waals surface area (Å²) in [6.45, 7) is 3.79. The van der Waals surface area contributed by atoms with Crippen molar-refractivity contribution in [1.29, 1.82) is 0 Å². The molecule has 1 amide bonds. The summed E-state index contributed by atoms with van der Waals surface area (Å²) in [6.07, 6.45) is 0.893. The van der Waals surface area contributed by atoms with Gasteiger partial charge in [0.2, 0.25) is 5.91 Å². The van der Waals surface area contributed by atoms with Gasteiger partial charge in [0.15, 0.2) is 0 Å². The van der Waals surface area contributed by atoms with E-state index in [0.717, 1.165) is 25.2 Å². The second-order valence-corrected chi connectivity index (χ2v) is 6.65. The van der Waals surface area contributed by atoms with Crippen LogP contribution in [0, 0.1) is 5.82 Å². The second-order valence-electron chi connectivity index (χ2n) is 6.65. The predicted octanol–water partition coefficient (Wildman–Crippen LogP) is 2.78. The van der Waals surface area contributed by atoms with Crippen LogP contribution in [0.5, 0.6) is 0 Å². The van der Waals surface area contributed by atoms with E-state index in [1.165, 1.54) is 17.7 Å². The van der Waals surface area contributed by atoms with Crippen molar-refractivity contribution in [3.63, 3.8) is 0 Å². The first-order valence-electron chi connectivity index (χ1n) is 9.08. The molecule has 1 saturated heterocycles. The Bertz CT molecular complexity index is 708. The fourth-order valence-electron chi connectivity index (χ4n) is 3.16. The number of ether oxygens (including phenoxy) is 1. The summed E-state index contributed by atoms with van der Waals surface area (Å²) >= 11 is 0. The van der Waals surface area contributed by atoms with Crippen molar-refractivity contribution >= 4 is 5.91 Å². The maximum absolute atomic E-state index is 13.2. The lowest BCUT2D eigenvalue weighted by molar-refractivity contribution is -0.122. The zero-order valence-electron chi connectivity index (χ0n) is 14.9. The minimum atomic E-state index is -0.267. The third-order valence-corrected chi connectivity index (χ3v) is 4.53. The zero-order chi connectivity index (χ0) is 18.2. The highest BCUT2D eigenvalue weighted by molar-refractivity contribution is 5.76. The van der Waals surface area contributed by atoms with Crippen molar-refractivity contribution in [2.45, 2.75) is 25.5 Å². The van der Waals surface area contributed by atoms with Gasteiger partial charge in [-0.3, -0.25) is 9.69 Å². The summed E-state index contributed by atoms with van der Waals surface area (Å²) in [7, 11) is 0. The molecule has 1 fully saturated rings. The van der Waals surface area contributed by atoms with E-state index in [4.69, 9.17) is 4.74 Å². The van der Waals surface area contributed by atoms with Crippen molar-refractivity contribution in [1.82, 2.24) is 10.2 Å². The van der Waals surface area contributed by atoms with Crippen LogP contribution in [0.4, 0.5) is 4.39 Å². The average Bonchev–Trinajstić information content (AvgIpc) is 2.66. The summed E-state index contributed by atoms with van der Waals surface area (Å²) < 4.78 is 18.9. The molecule has 26 heavy (non-hydrogen) atoms. The van der Waals surface area contributed by atoms with Gasteiger partial charge >= 0.3 is 0 Å². The monoisotopic (exact) mass is 356 g/mol. The van der Waals surface area contributed by atoms with Crippen molar-refractivity contribution in [3.05, 3.63) is 71.5 Å². The van der Waals surface area contributed by atoms with Gasteiger partial charge in [0.05, 0.1) is 12.7 Å². The number of nitrogens with zero attached hydrogens (tertiary/aromatic N) is 1. The van der Waals surface area contributed by atoms with Gasteiger partial charge < -0.3 is 10.1 Å². The standard InChI is InChI=1S/C21H25FN2O2/c22-19-8-4-7-17(13-19)9-10-21(25)23-14-20-16-24(11-12-26-20)15-18-5-2-1-3-6-18/h1-8,13,20H,9-12,14-16H2,(H,23,25). The van der Waals surface area contributed by atoms with Crippen LogP contribution in [0.2, 0.25) is 0 Å². The fraction of sp³-hybridized carbons (Fsp3) is 0.381. The molecule has 2 aromatic rings. The third-order valence-electron chi connectivity index (χ3n) is 4.53. The molecule has 4 nitrogen and oxygen atoms in total. The summed E-state index contributed by atoms with van der Waals surface area (Å²) in [4.78, 5) is 14.4. The van der Waals surface area contributed by atoms with E-state index in [0.29, 0.717) is 26.0 Å². The van der Waals surface area contributed by atoms with Gasteiger partial charge in [-0.15, -0.1) is 0 Å². The number of nitrogens with one attached hydrogen (secondary N) is 1. The molecule has 138 valence electrons. The fourth-order valence-corrected chi connectivity index (χ4v) is 3.16. The number of aryl methyl sites for hydroxylation is 1. The van der Waals surface area contributed by atoms with Crippen molar-refractivity contribution in [2.24, 2.45) is 0 Å². The topological polar surface area (TPSA) is 41.6 Å². The molecule has 0 spiro atoms. The molecule has 0 radical (unpaired) electrons. The minimum Gasteiger partial charge on any atom is -0.374 e. The quantitative estimate of drug-likeness (QED) is 0.829. The summed E-state index contributed by atoms with van der Waals surface area (Å²) in [5.41, 5.74) is 2.12. The molecule has 3 rings (SSSR count). The molecule has 0 saturated carbocycles. The molecule has 2 aromatic carbocycles. The van der Waals surface area contributed by atoms with E-state index in [1.807, 2.05) is 24.3 Å². The van der Waals surface area contributed by atoms with Gasteiger partial charge in [0.25, 0.3) is 0 Å². The Balaban J connectivity index is 1.39.